The predicted octanol–water partition coefficient (Wildman–Crippen LogP) is 0.371. The number of carboxylic acid groups (broad SMARTS) is 1. The molecule has 0 unspecified atom stereocenters. The Balaban J connectivity index is 1.80. The molecule has 1 N–H and O–H groups in total. The molecule has 126 valence electrons. The van der Waals surface area contributed by atoms with E-state index in [4.69, 9.17) is 5.11 Å². The van der Waals surface area contributed by atoms with Gasteiger partial charge in [0.05, 0.1) is 6.26 Å². The summed E-state index contributed by atoms with van der Waals surface area (Å²) in [5.74, 6) is -0.623. The summed E-state index contributed by atoms with van der Waals surface area (Å²) in [6.07, 6.45) is 3.99. The van der Waals surface area contributed by atoms with Crippen molar-refractivity contribution in [2.75, 3.05) is 32.4 Å². The van der Waals surface area contributed by atoms with Crippen LogP contribution in [0.3, 0.4) is 0 Å². The molecule has 2 saturated heterocycles. The summed E-state index contributed by atoms with van der Waals surface area (Å²) < 4.78 is 24.4. The van der Waals surface area contributed by atoms with Gasteiger partial charge >= 0.3 is 5.97 Å². The first kappa shape index (κ1) is 17.2. The van der Waals surface area contributed by atoms with E-state index in [0.717, 1.165) is 12.8 Å². The standard InChI is InChI=1S/C14H24N2O5S/c1-22(20,21)16-8-4-12(5-9-16)14(19)15-6-2-11(3-7-15)10-13(17)18/h11-12H,2-10H2,1H3,(H,17,18). The lowest BCUT2D eigenvalue weighted by molar-refractivity contribution is -0.140. The molecule has 0 aromatic rings. The van der Waals surface area contributed by atoms with Gasteiger partial charge in [-0.2, -0.15) is 0 Å². The first-order valence-electron chi connectivity index (χ1n) is 7.73. The zero-order valence-corrected chi connectivity index (χ0v) is 13.7. The number of carbonyl (C=O) groups is 2. The van der Waals surface area contributed by atoms with Crippen molar-refractivity contribution in [2.45, 2.75) is 32.1 Å². The van der Waals surface area contributed by atoms with Crippen LogP contribution in [-0.4, -0.2) is 67.0 Å². The molecule has 0 atom stereocenters. The smallest absolute Gasteiger partial charge is 0.303 e. The van der Waals surface area contributed by atoms with E-state index in [1.54, 1.807) is 0 Å². The molecule has 2 aliphatic heterocycles. The van der Waals surface area contributed by atoms with Gasteiger partial charge in [-0.3, -0.25) is 9.59 Å². The molecule has 0 aliphatic carbocycles. The second-order valence-corrected chi connectivity index (χ2v) is 8.29. The lowest BCUT2D eigenvalue weighted by Crippen LogP contribution is -2.46. The summed E-state index contributed by atoms with van der Waals surface area (Å²) >= 11 is 0. The quantitative estimate of drug-likeness (QED) is 0.802. The fraction of sp³-hybridized carbons (Fsp3) is 0.857. The molecule has 22 heavy (non-hydrogen) atoms. The van der Waals surface area contributed by atoms with Gasteiger partial charge in [-0.1, -0.05) is 0 Å². The fourth-order valence-corrected chi connectivity index (χ4v) is 4.17. The van der Waals surface area contributed by atoms with Gasteiger partial charge in [-0.05, 0) is 31.6 Å². The summed E-state index contributed by atoms with van der Waals surface area (Å²) in [6, 6.07) is 0. The first-order chi connectivity index (χ1) is 10.3. The molecular weight excluding hydrogens is 308 g/mol. The molecule has 2 aliphatic rings. The minimum Gasteiger partial charge on any atom is -0.481 e. The van der Waals surface area contributed by atoms with Crippen molar-refractivity contribution in [3.05, 3.63) is 0 Å². The highest BCUT2D eigenvalue weighted by molar-refractivity contribution is 7.88. The van der Waals surface area contributed by atoms with Crippen LogP contribution >= 0.6 is 0 Å². The van der Waals surface area contributed by atoms with Crippen molar-refractivity contribution in [1.29, 1.82) is 0 Å². The normalized spacial score (nSPS) is 22.7. The summed E-state index contributed by atoms with van der Waals surface area (Å²) in [5.41, 5.74) is 0. The predicted molar refractivity (Wildman–Crippen MR) is 80.7 cm³/mol. The van der Waals surface area contributed by atoms with Gasteiger partial charge in [0.15, 0.2) is 0 Å². The SMILES string of the molecule is CS(=O)(=O)N1CCC(C(=O)N2CCC(CC(=O)O)CC2)CC1. The van der Waals surface area contributed by atoms with E-state index in [9.17, 15) is 18.0 Å². The molecule has 0 bridgehead atoms. The van der Waals surface area contributed by atoms with Crippen LogP contribution in [0.1, 0.15) is 32.1 Å². The summed E-state index contributed by atoms with van der Waals surface area (Å²) in [6.45, 7) is 2.04. The second-order valence-electron chi connectivity index (χ2n) is 6.30. The Bertz CT molecular complexity index is 517. The van der Waals surface area contributed by atoms with E-state index in [-0.39, 0.29) is 24.2 Å². The van der Waals surface area contributed by atoms with Crippen LogP contribution in [0.5, 0.6) is 0 Å². The van der Waals surface area contributed by atoms with E-state index >= 15 is 0 Å². The van der Waals surface area contributed by atoms with Crippen LogP contribution in [0.25, 0.3) is 0 Å². The Morgan fingerprint density at radius 2 is 1.59 bits per heavy atom. The lowest BCUT2D eigenvalue weighted by Gasteiger charge is -2.36. The molecule has 0 radical (unpaired) electrons. The highest BCUT2D eigenvalue weighted by Crippen LogP contribution is 2.25. The van der Waals surface area contributed by atoms with Crippen molar-refractivity contribution in [3.8, 4) is 0 Å². The average Bonchev–Trinajstić information content (AvgIpc) is 2.46. The van der Waals surface area contributed by atoms with Crippen molar-refractivity contribution in [1.82, 2.24) is 9.21 Å². The number of carbonyl (C=O) groups excluding carboxylic acids is 1. The number of hydrogen-bond donors (Lipinski definition) is 1. The Kier molecular flexibility index (Phi) is 5.44. The zero-order chi connectivity index (χ0) is 16.3. The maximum Gasteiger partial charge on any atom is 0.303 e. The fourth-order valence-electron chi connectivity index (χ4n) is 3.30. The molecule has 8 heteroatoms. The van der Waals surface area contributed by atoms with E-state index in [1.165, 1.54) is 10.6 Å². The average molecular weight is 332 g/mol. The third kappa shape index (κ3) is 4.42. The Labute approximate surface area is 131 Å². The molecule has 1 amide bonds. The van der Waals surface area contributed by atoms with Crippen LogP contribution in [0.15, 0.2) is 0 Å². The van der Waals surface area contributed by atoms with Crippen LogP contribution in [0.2, 0.25) is 0 Å². The van der Waals surface area contributed by atoms with E-state index in [2.05, 4.69) is 0 Å². The van der Waals surface area contributed by atoms with Crippen molar-refractivity contribution >= 4 is 21.9 Å². The van der Waals surface area contributed by atoms with Crippen LogP contribution in [-0.2, 0) is 19.6 Å². The molecular formula is C14H24N2O5S. The Morgan fingerprint density at radius 3 is 2.05 bits per heavy atom. The van der Waals surface area contributed by atoms with Crippen LogP contribution in [0.4, 0.5) is 0 Å². The molecule has 2 rings (SSSR count). The minimum absolute atomic E-state index is 0.0990. The van der Waals surface area contributed by atoms with Crippen molar-refractivity contribution in [3.63, 3.8) is 0 Å². The molecule has 0 spiro atoms. The van der Waals surface area contributed by atoms with Crippen molar-refractivity contribution < 1.29 is 23.1 Å². The highest BCUT2D eigenvalue weighted by atomic mass is 32.2. The first-order valence-corrected chi connectivity index (χ1v) is 9.58. The third-order valence-electron chi connectivity index (χ3n) is 4.66. The zero-order valence-electron chi connectivity index (χ0n) is 12.9. The largest absolute Gasteiger partial charge is 0.481 e. The maximum absolute atomic E-state index is 12.5. The highest BCUT2D eigenvalue weighted by Gasteiger charge is 2.33. The number of sulfonamides is 1. The van der Waals surface area contributed by atoms with Gasteiger partial charge in [0.25, 0.3) is 0 Å². The second kappa shape index (κ2) is 6.95. The number of aliphatic carboxylic acids is 1. The number of amides is 1. The summed E-state index contributed by atoms with van der Waals surface area (Å²) in [5, 5.41) is 8.80. The molecule has 2 fully saturated rings. The Hall–Kier alpha value is -1.15. The van der Waals surface area contributed by atoms with Gasteiger partial charge in [0.2, 0.25) is 15.9 Å². The van der Waals surface area contributed by atoms with Gasteiger partial charge in [-0.25, -0.2) is 12.7 Å². The van der Waals surface area contributed by atoms with Gasteiger partial charge in [0.1, 0.15) is 0 Å². The molecule has 7 nitrogen and oxygen atoms in total. The van der Waals surface area contributed by atoms with Crippen LogP contribution in [0, 0.1) is 11.8 Å². The van der Waals surface area contributed by atoms with E-state index in [0.29, 0.717) is 39.0 Å². The van der Waals surface area contributed by atoms with Crippen molar-refractivity contribution in [2.24, 2.45) is 11.8 Å². The van der Waals surface area contributed by atoms with E-state index in [1.807, 2.05) is 4.90 Å². The number of nitrogens with zero attached hydrogens (tertiary/aromatic N) is 2. The number of carboxylic acids is 1. The van der Waals surface area contributed by atoms with E-state index < -0.39 is 16.0 Å². The lowest BCUT2D eigenvalue weighted by atomic mass is 9.91. The monoisotopic (exact) mass is 332 g/mol. The van der Waals surface area contributed by atoms with Gasteiger partial charge in [0, 0.05) is 38.5 Å². The number of hydrogen-bond acceptors (Lipinski definition) is 4. The molecule has 0 saturated carbocycles. The number of piperidine rings is 2. The topological polar surface area (TPSA) is 95.0 Å². The minimum atomic E-state index is -3.17. The number of rotatable bonds is 4. The molecule has 0 aromatic heterocycles. The van der Waals surface area contributed by atoms with Gasteiger partial charge in [-0.15, -0.1) is 0 Å². The third-order valence-corrected chi connectivity index (χ3v) is 5.96. The maximum atomic E-state index is 12.5. The van der Waals surface area contributed by atoms with Crippen LogP contribution < -0.4 is 0 Å². The molecule has 0 aromatic carbocycles. The van der Waals surface area contributed by atoms with Gasteiger partial charge < -0.3 is 10.0 Å². The summed E-state index contributed by atoms with van der Waals surface area (Å²) in [7, 11) is -3.17. The Morgan fingerprint density at radius 1 is 1.05 bits per heavy atom. The summed E-state index contributed by atoms with van der Waals surface area (Å²) in [4.78, 5) is 25.0. The molecule has 2 heterocycles. The number of likely N-dealkylation sites (tertiary alicyclic amines) is 1.